The van der Waals surface area contributed by atoms with Gasteiger partial charge in [-0.15, -0.1) is 0 Å². The average Bonchev–Trinajstić information content (AvgIpc) is 2.92. The number of carbonyl (C=O) groups is 3. The molecule has 3 atom stereocenters. The fraction of sp³-hybridized carbons (Fsp3) is 0.562. The molecule has 9 heteroatoms. The van der Waals surface area contributed by atoms with Gasteiger partial charge in [0.25, 0.3) is 0 Å². The Morgan fingerprint density at radius 2 is 1.73 bits per heavy atom. The molecule has 0 aliphatic rings. The summed E-state index contributed by atoms with van der Waals surface area (Å²) in [5.74, 6) is -0.813. The predicted octanol–water partition coefficient (Wildman–Crippen LogP) is 4.61. The first-order valence-electron chi connectivity index (χ1n) is 14.7. The second-order valence-corrected chi connectivity index (χ2v) is 11.4. The van der Waals surface area contributed by atoms with E-state index in [9.17, 15) is 18.8 Å². The van der Waals surface area contributed by atoms with Crippen molar-refractivity contribution in [1.82, 2.24) is 20.9 Å². The van der Waals surface area contributed by atoms with Crippen LogP contribution in [0, 0.1) is 23.6 Å². The molecule has 0 bridgehead atoms. The Morgan fingerprint density at radius 3 is 2.39 bits per heavy atom. The van der Waals surface area contributed by atoms with Crippen molar-refractivity contribution < 1.29 is 23.5 Å². The largest absolute Gasteiger partial charge is 0.491 e. The van der Waals surface area contributed by atoms with E-state index < -0.39 is 23.9 Å². The van der Waals surface area contributed by atoms with Gasteiger partial charge in [0.15, 0.2) is 0 Å². The van der Waals surface area contributed by atoms with E-state index in [0.29, 0.717) is 56.7 Å². The summed E-state index contributed by atoms with van der Waals surface area (Å²) in [4.78, 5) is 43.6. The minimum atomic E-state index is -0.807. The molecule has 2 aromatic rings. The number of amides is 3. The van der Waals surface area contributed by atoms with E-state index >= 15 is 0 Å². The molecule has 3 N–H and O–H groups in total. The van der Waals surface area contributed by atoms with Crippen LogP contribution in [0.2, 0.25) is 0 Å². The van der Waals surface area contributed by atoms with Crippen molar-refractivity contribution in [2.45, 2.75) is 85.7 Å². The second kappa shape index (κ2) is 17.4. The van der Waals surface area contributed by atoms with Crippen LogP contribution in [0.4, 0.5) is 4.39 Å². The van der Waals surface area contributed by atoms with E-state index in [1.807, 2.05) is 32.9 Å². The zero-order chi connectivity index (χ0) is 30.4. The molecule has 3 amide bonds. The number of nitrogens with one attached hydrogen (secondary N) is 3. The number of aromatic nitrogens is 1. The highest BCUT2D eigenvalue weighted by Gasteiger charge is 2.29. The van der Waals surface area contributed by atoms with Crippen LogP contribution in [0.25, 0.3) is 0 Å². The maximum Gasteiger partial charge on any atom is 0.243 e. The molecule has 226 valence electrons. The molecule has 2 rings (SSSR count). The lowest BCUT2D eigenvalue weighted by atomic mass is 9.97. The molecule has 0 aliphatic carbocycles. The van der Waals surface area contributed by atoms with Crippen LogP contribution in [0.3, 0.4) is 0 Å². The molecule has 0 saturated carbocycles. The van der Waals surface area contributed by atoms with Gasteiger partial charge in [-0.05, 0) is 67.3 Å². The lowest BCUT2D eigenvalue weighted by molar-refractivity contribution is -0.134. The van der Waals surface area contributed by atoms with Gasteiger partial charge in [0.2, 0.25) is 17.7 Å². The fourth-order valence-electron chi connectivity index (χ4n) is 4.35. The van der Waals surface area contributed by atoms with E-state index in [1.54, 1.807) is 25.3 Å². The van der Waals surface area contributed by atoms with Crippen molar-refractivity contribution in [3.8, 4) is 5.75 Å². The van der Waals surface area contributed by atoms with Crippen molar-refractivity contribution in [3.05, 3.63) is 59.7 Å². The number of rotatable bonds is 17. The number of nitrogens with zero attached hydrogens (tertiary/aromatic N) is 1. The number of halogens is 1. The number of hydrogen-bond acceptors (Lipinski definition) is 5. The van der Waals surface area contributed by atoms with E-state index in [-0.39, 0.29) is 23.5 Å². The predicted molar refractivity (Wildman–Crippen MR) is 159 cm³/mol. The van der Waals surface area contributed by atoms with Crippen LogP contribution < -0.4 is 20.7 Å². The van der Waals surface area contributed by atoms with Crippen LogP contribution in [-0.4, -0.2) is 47.9 Å². The highest BCUT2D eigenvalue weighted by molar-refractivity contribution is 5.92. The summed E-state index contributed by atoms with van der Waals surface area (Å²) >= 11 is 0. The number of hydrogen-bond donors (Lipinski definition) is 3. The number of ether oxygens (including phenoxy) is 1. The lowest BCUT2D eigenvalue weighted by Gasteiger charge is -2.26. The van der Waals surface area contributed by atoms with Gasteiger partial charge in [-0.2, -0.15) is 0 Å². The Hall–Kier alpha value is -3.49. The van der Waals surface area contributed by atoms with Gasteiger partial charge >= 0.3 is 0 Å². The van der Waals surface area contributed by atoms with Crippen LogP contribution in [0.15, 0.2) is 42.6 Å². The molecular weight excluding hydrogens is 523 g/mol. The molecule has 1 aromatic heterocycles. The molecule has 0 saturated heterocycles. The van der Waals surface area contributed by atoms with E-state index in [2.05, 4.69) is 34.8 Å². The minimum Gasteiger partial charge on any atom is -0.491 e. The summed E-state index contributed by atoms with van der Waals surface area (Å²) in [7, 11) is 0. The Bertz CT molecular complexity index is 1120. The number of benzene rings is 1. The Balaban J connectivity index is 1.91. The molecular formula is C32H47FN4O4. The summed E-state index contributed by atoms with van der Waals surface area (Å²) in [6.45, 7) is 12.6. The molecule has 0 spiro atoms. The van der Waals surface area contributed by atoms with Gasteiger partial charge in [-0.25, -0.2) is 4.39 Å². The van der Waals surface area contributed by atoms with Crippen molar-refractivity contribution in [2.75, 3.05) is 13.2 Å². The number of aryl methyl sites for hydroxylation is 1. The van der Waals surface area contributed by atoms with Gasteiger partial charge in [0, 0.05) is 18.7 Å². The SMILES string of the molecule is CCC[C@H](NC(=O)[C@H](NC(=O)[C@H](C)Cc1cccc(F)c1)C(C)C)C(=O)NCCCc1ncccc1OCC(C)C. The van der Waals surface area contributed by atoms with Crippen molar-refractivity contribution >= 4 is 17.7 Å². The van der Waals surface area contributed by atoms with Gasteiger partial charge in [0.1, 0.15) is 23.7 Å². The van der Waals surface area contributed by atoms with Gasteiger partial charge in [0.05, 0.1) is 12.3 Å². The molecule has 0 aliphatic heterocycles. The normalized spacial score (nSPS) is 13.4. The van der Waals surface area contributed by atoms with Gasteiger partial charge in [-0.3, -0.25) is 19.4 Å². The molecule has 0 radical (unpaired) electrons. The van der Waals surface area contributed by atoms with E-state index in [1.165, 1.54) is 12.1 Å². The van der Waals surface area contributed by atoms with Crippen molar-refractivity contribution in [2.24, 2.45) is 17.8 Å². The monoisotopic (exact) mass is 570 g/mol. The van der Waals surface area contributed by atoms with Gasteiger partial charge in [-0.1, -0.05) is 60.1 Å². The van der Waals surface area contributed by atoms with Crippen molar-refractivity contribution in [1.29, 1.82) is 0 Å². The van der Waals surface area contributed by atoms with Crippen molar-refractivity contribution in [3.63, 3.8) is 0 Å². The summed E-state index contributed by atoms with van der Waals surface area (Å²) in [6, 6.07) is 8.36. The number of carbonyl (C=O) groups excluding carboxylic acids is 3. The maximum absolute atomic E-state index is 13.5. The smallest absolute Gasteiger partial charge is 0.243 e. The first-order chi connectivity index (χ1) is 19.5. The fourth-order valence-corrected chi connectivity index (χ4v) is 4.35. The summed E-state index contributed by atoms with van der Waals surface area (Å²) in [6.07, 6.45) is 4.57. The quantitative estimate of drug-likeness (QED) is 0.241. The van der Waals surface area contributed by atoms with Crippen LogP contribution in [-0.2, 0) is 27.2 Å². The molecule has 1 aromatic carbocycles. The Morgan fingerprint density at radius 1 is 0.976 bits per heavy atom. The second-order valence-electron chi connectivity index (χ2n) is 11.4. The summed E-state index contributed by atoms with van der Waals surface area (Å²) < 4.78 is 19.4. The zero-order valence-corrected chi connectivity index (χ0v) is 25.3. The third-order valence-electron chi connectivity index (χ3n) is 6.65. The van der Waals surface area contributed by atoms with Gasteiger partial charge < -0.3 is 20.7 Å². The van der Waals surface area contributed by atoms with E-state index in [0.717, 1.165) is 11.4 Å². The van der Waals surface area contributed by atoms with Crippen LogP contribution in [0.1, 0.15) is 72.1 Å². The molecule has 1 heterocycles. The highest BCUT2D eigenvalue weighted by Crippen LogP contribution is 2.18. The maximum atomic E-state index is 13.5. The van der Waals surface area contributed by atoms with E-state index in [4.69, 9.17) is 4.74 Å². The zero-order valence-electron chi connectivity index (χ0n) is 25.3. The highest BCUT2D eigenvalue weighted by atomic mass is 19.1. The topological polar surface area (TPSA) is 109 Å². The molecule has 0 fully saturated rings. The molecule has 8 nitrogen and oxygen atoms in total. The van der Waals surface area contributed by atoms with Crippen LogP contribution >= 0.6 is 0 Å². The minimum absolute atomic E-state index is 0.198. The third-order valence-corrected chi connectivity index (χ3v) is 6.65. The number of pyridine rings is 1. The standard InChI is InChI=1S/C32H47FN4O4/c1-7-11-27(31(39)35-17-9-14-26-28(15-10-16-34-26)41-20-21(2)3)36-32(40)29(22(4)5)37-30(38)23(6)18-24-12-8-13-25(33)19-24/h8,10,12-13,15-16,19,21-23,27,29H,7,9,11,14,17-18,20H2,1-6H3,(H,35,39)(H,36,40)(H,37,38)/t23-,27+,29-/m1/s1. The molecule has 41 heavy (non-hydrogen) atoms. The van der Waals surface area contributed by atoms with Crippen LogP contribution in [0.5, 0.6) is 5.75 Å². The Kier molecular flexibility index (Phi) is 14.3. The summed E-state index contributed by atoms with van der Waals surface area (Å²) in [5.41, 5.74) is 1.56. The first-order valence-corrected chi connectivity index (χ1v) is 14.7. The summed E-state index contributed by atoms with van der Waals surface area (Å²) in [5, 5.41) is 8.61. The lowest BCUT2D eigenvalue weighted by Crippen LogP contribution is -2.56. The average molecular weight is 571 g/mol. The third kappa shape index (κ3) is 11.9. The first kappa shape index (κ1) is 33.7. The molecule has 0 unspecified atom stereocenters. The Labute approximate surface area is 244 Å².